The molecule has 0 aromatic carbocycles. The number of aromatic nitrogens is 2. The Hall–Kier alpha value is -2.67. The molecule has 1 aliphatic heterocycles. The predicted octanol–water partition coefficient (Wildman–Crippen LogP) is 3.81. The number of piperidine rings is 1. The Labute approximate surface area is 148 Å². The summed E-state index contributed by atoms with van der Waals surface area (Å²) >= 11 is 1.62. The summed E-state index contributed by atoms with van der Waals surface area (Å²) < 4.78 is 11.0. The quantitative estimate of drug-likeness (QED) is 0.666. The van der Waals surface area contributed by atoms with E-state index >= 15 is 0 Å². The molecule has 3 aromatic heterocycles. The van der Waals surface area contributed by atoms with Gasteiger partial charge in [-0.1, -0.05) is 6.07 Å². The van der Waals surface area contributed by atoms with E-state index in [4.69, 9.17) is 8.83 Å². The zero-order valence-electron chi connectivity index (χ0n) is 13.5. The van der Waals surface area contributed by atoms with E-state index in [1.54, 1.807) is 35.8 Å². The summed E-state index contributed by atoms with van der Waals surface area (Å²) in [6, 6.07) is 7.54. The Morgan fingerprint density at radius 3 is 2.84 bits per heavy atom. The van der Waals surface area contributed by atoms with E-state index in [0.717, 1.165) is 17.7 Å². The molecule has 1 aliphatic rings. The van der Waals surface area contributed by atoms with Gasteiger partial charge in [-0.15, -0.1) is 21.5 Å². The fraction of sp³-hybridized carbons (Fsp3) is 0.278. The summed E-state index contributed by atoms with van der Waals surface area (Å²) in [5, 5.41) is 10.2. The van der Waals surface area contributed by atoms with E-state index in [2.05, 4.69) is 10.2 Å². The molecule has 6 nitrogen and oxygen atoms in total. The average molecular weight is 355 g/mol. The number of hydrogen-bond acceptors (Lipinski definition) is 6. The second-order valence-corrected chi connectivity index (χ2v) is 6.85. The Balaban J connectivity index is 1.34. The van der Waals surface area contributed by atoms with Crippen molar-refractivity contribution in [3.63, 3.8) is 0 Å². The highest BCUT2D eigenvalue weighted by molar-refractivity contribution is 7.10. The van der Waals surface area contributed by atoms with Crippen molar-refractivity contribution < 1.29 is 13.6 Å². The number of hydrogen-bond donors (Lipinski definition) is 0. The molecule has 0 saturated carbocycles. The van der Waals surface area contributed by atoms with Crippen LogP contribution in [-0.2, 0) is 4.79 Å². The molecule has 0 unspecified atom stereocenters. The van der Waals surface area contributed by atoms with Crippen LogP contribution in [0.15, 0.2) is 50.8 Å². The number of carbonyl (C=O) groups excluding carboxylic acids is 1. The van der Waals surface area contributed by atoms with Gasteiger partial charge < -0.3 is 13.7 Å². The maximum Gasteiger partial charge on any atom is 0.283 e. The monoisotopic (exact) mass is 355 g/mol. The number of furan rings is 1. The number of rotatable bonds is 4. The predicted molar refractivity (Wildman–Crippen MR) is 93.9 cm³/mol. The van der Waals surface area contributed by atoms with E-state index in [9.17, 15) is 4.79 Å². The van der Waals surface area contributed by atoms with Crippen molar-refractivity contribution in [1.29, 1.82) is 0 Å². The van der Waals surface area contributed by atoms with Crippen molar-refractivity contribution in [3.05, 3.63) is 52.8 Å². The van der Waals surface area contributed by atoms with Gasteiger partial charge in [0.2, 0.25) is 11.8 Å². The number of amides is 1. The van der Waals surface area contributed by atoms with Crippen LogP contribution in [0.2, 0.25) is 0 Å². The molecule has 128 valence electrons. The van der Waals surface area contributed by atoms with Crippen LogP contribution in [0.5, 0.6) is 0 Å². The molecule has 1 fully saturated rings. The number of nitrogens with zero attached hydrogens (tertiary/aromatic N) is 3. The van der Waals surface area contributed by atoms with Crippen LogP contribution in [0.25, 0.3) is 17.7 Å². The molecule has 0 radical (unpaired) electrons. The number of thiophene rings is 1. The molecule has 0 N–H and O–H groups in total. The third kappa shape index (κ3) is 3.56. The van der Waals surface area contributed by atoms with Gasteiger partial charge in [-0.3, -0.25) is 4.79 Å². The topological polar surface area (TPSA) is 72.4 Å². The molecular weight excluding hydrogens is 338 g/mol. The first kappa shape index (κ1) is 15.8. The minimum absolute atomic E-state index is 0.0497. The van der Waals surface area contributed by atoms with Crippen molar-refractivity contribution in [3.8, 4) is 11.7 Å². The smallest absolute Gasteiger partial charge is 0.283 e. The molecule has 0 atom stereocenters. The zero-order valence-corrected chi connectivity index (χ0v) is 14.3. The van der Waals surface area contributed by atoms with E-state index in [1.807, 2.05) is 28.5 Å². The molecule has 4 rings (SSSR count). The van der Waals surface area contributed by atoms with Gasteiger partial charge in [-0.05, 0) is 42.5 Å². The fourth-order valence-corrected chi connectivity index (χ4v) is 3.51. The first-order chi connectivity index (χ1) is 12.3. The first-order valence-electron chi connectivity index (χ1n) is 8.17. The van der Waals surface area contributed by atoms with Gasteiger partial charge >= 0.3 is 0 Å². The highest BCUT2D eigenvalue weighted by atomic mass is 32.1. The molecular formula is C18H17N3O3S. The summed E-state index contributed by atoms with van der Waals surface area (Å²) in [6.07, 6.45) is 6.73. The highest BCUT2D eigenvalue weighted by Crippen LogP contribution is 2.29. The molecule has 4 heterocycles. The van der Waals surface area contributed by atoms with Crippen LogP contribution in [0.4, 0.5) is 0 Å². The van der Waals surface area contributed by atoms with Crippen LogP contribution in [0.1, 0.15) is 29.5 Å². The van der Waals surface area contributed by atoms with Crippen molar-refractivity contribution in [1.82, 2.24) is 15.1 Å². The van der Waals surface area contributed by atoms with Gasteiger partial charge in [0.05, 0.1) is 6.26 Å². The summed E-state index contributed by atoms with van der Waals surface area (Å²) in [6.45, 7) is 1.38. The summed E-state index contributed by atoms with van der Waals surface area (Å²) in [5.41, 5.74) is 0. The highest BCUT2D eigenvalue weighted by Gasteiger charge is 2.27. The minimum atomic E-state index is 0.0497. The van der Waals surface area contributed by atoms with Gasteiger partial charge in [-0.2, -0.15) is 0 Å². The first-order valence-corrected chi connectivity index (χ1v) is 9.05. The zero-order chi connectivity index (χ0) is 17.1. The van der Waals surface area contributed by atoms with Crippen LogP contribution < -0.4 is 0 Å². The second-order valence-electron chi connectivity index (χ2n) is 5.87. The molecule has 1 saturated heterocycles. The fourth-order valence-electron chi connectivity index (χ4n) is 2.89. The van der Waals surface area contributed by atoms with Gasteiger partial charge in [0.15, 0.2) is 5.76 Å². The largest absolute Gasteiger partial charge is 0.459 e. The normalized spacial score (nSPS) is 15.9. The van der Waals surface area contributed by atoms with E-state index < -0.39 is 0 Å². The lowest BCUT2D eigenvalue weighted by molar-refractivity contribution is -0.127. The molecule has 3 aromatic rings. The summed E-state index contributed by atoms with van der Waals surface area (Å²) in [4.78, 5) is 15.2. The summed E-state index contributed by atoms with van der Waals surface area (Å²) in [7, 11) is 0. The number of carbonyl (C=O) groups is 1. The lowest BCUT2D eigenvalue weighted by Crippen LogP contribution is -2.36. The molecule has 1 amide bonds. The van der Waals surface area contributed by atoms with Crippen LogP contribution in [-0.4, -0.2) is 34.1 Å². The maximum atomic E-state index is 12.3. The van der Waals surface area contributed by atoms with Crippen molar-refractivity contribution in [2.75, 3.05) is 13.1 Å². The standard InChI is InChI=1S/C18H17N3O3S/c22-16(6-5-14-3-2-12-25-14)21-9-7-13(8-10-21)17-19-20-18(24-17)15-4-1-11-23-15/h1-6,11-13H,7-10H2. The molecule has 0 spiro atoms. The van der Waals surface area contributed by atoms with E-state index in [-0.39, 0.29) is 11.8 Å². The molecule has 7 heteroatoms. The van der Waals surface area contributed by atoms with Crippen molar-refractivity contribution >= 4 is 23.3 Å². The van der Waals surface area contributed by atoms with E-state index in [0.29, 0.717) is 30.6 Å². The van der Waals surface area contributed by atoms with Gasteiger partial charge in [0.25, 0.3) is 5.89 Å². The Kier molecular flexibility index (Phi) is 4.47. The lowest BCUT2D eigenvalue weighted by atomic mass is 9.97. The van der Waals surface area contributed by atoms with Crippen molar-refractivity contribution in [2.24, 2.45) is 0 Å². The molecule has 0 bridgehead atoms. The number of likely N-dealkylation sites (tertiary alicyclic amines) is 1. The van der Waals surface area contributed by atoms with E-state index in [1.165, 1.54) is 0 Å². The summed E-state index contributed by atoms with van der Waals surface area (Å²) in [5.74, 6) is 1.82. The van der Waals surface area contributed by atoms with Gasteiger partial charge in [0, 0.05) is 30.0 Å². The molecule has 25 heavy (non-hydrogen) atoms. The van der Waals surface area contributed by atoms with Gasteiger partial charge in [0.1, 0.15) is 0 Å². The van der Waals surface area contributed by atoms with Gasteiger partial charge in [-0.25, -0.2) is 0 Å². The minimum Gasteiger partial charge on any atom is -0.459 e. The second kappa shape index (κ2) is 7.06. The van der Waals surface area contributed by atoms with Crippen LogP contribution in [0, 0.1) is 0 Å². The third-order valence-electron chi connectivity index (χ3n) is 4.26. The van der Waals surface area contributed by atoms with Crippen LogP contribution >= 0.6 is 11.3 Å². The van der Waals surface area contributed by atoms with Crippen LogP contribution in [0.3, 0.4) is 0 Å². The van der Waals surface area contributed by atoms with Crippen molar-refractivity contribution in [2.45, 2.75) is 18.8 Å². The Morgan fingerprint density at radius 1 is 1.24 bits per heavy atom. The molecule has 0 aliphatic carbocycles. The Morgan fingerprint density at radius 2 is 2.12 bits per heavy atom. The maximum absolute atomic E-state index is 12.3. The Bertz CT molecular complexity index is 844. The lowest BCUT2D eigenvalue weighted by Gasteiger charge is -2.29. The average Bonchev–Trinajstić information content (AvgIpc) is 3.42. The SMILES string of the molecule is O=C(C=Cc1cccs1)N1CCC(c2nnc(-c3ccco3)o2)CC1. The third-order valence-corrected chi connectivity index (χ3v) is 5.10.